The highest BCUT2D eigenvalue weighted by Gasteiger charge is 2.59. The Bertz CT molecular complexity index is 163. The van der Waals surface area contributed by atoms with Crippen LogP contribution in [0.5, 0.6) is 0 Å². The van der Waals surface area contributed by atoms with E-state index in [-0.39, 0.29) is 7.92 Å². The third-order valence-electron chi connectivity index (χ3n) is 3.88. The van der Waals surface area contributed by atoms with E-state index in [2.05, 4.69) is 48.5 Å². The second-order valence-corrected chi connectivity index (χ2v) is 9.57. The monoisotopic (exact) mass is 186 g/mol. The highest BCUT2D eigenvalue weighted by Crippen LogP contribution is 2.77. The molecule has 72 valence electrons. The van der Waals surface area contributed by atoms with Crippen LogP contribution in [0.25, 0.3) is 0 Å². The summed E-state index contributed by atoms with van der Waals surface area (Å²) in [6.45, 7) is 17.0. The van der Waals surface area contributed by atoms with Crippen LogP contribution in [0.2, 0.25) is 0 Å². The Morgan fingerprint density at radius 2 is 1.33 bits per heavy atom. The maximum Gasteiger partial charge on any atom is -0.0110 e. The Labute approximate surface area is 78.9 Å². The molecule has 0 atom stereocenters. The second kappa shape index (κ2) is 2.71. The van der Waals surface area contributed by atoms with E-state index < -0.39 is 0 Å². The predicted molar refractivity (Wildman–Crippen MR) is 59.4 cm³/mol. The molecule has 0 nitrogen and oxygen atoms in total. The van der Waals surface area contributed by atoms with Crippen LogP contribution in [-0.4, -0.2) is 16.0 Å². The SMILES string of the molecule is CC(C)P1C(C)(C)C(C)C1(C)C. The molecule has 0 aromatic rings. The van der Waals surface area contributed by atoms with Gasteiger partial charge in [0.15, 0.2) is 0 Å². The van der Waals surface area contributed by atoms with Crippen LogP contribution in [0.3, 0.4) is 0 Å². The molecule has 0 aliphatic carbocycles. The molecule has 1 heterocycles. The van der Waals surface area contributed by atoms with Crippen molar-refractivity contribution in [2.45, 2.75) is 64.4 Å². The molecule has 0 aromatic carbocycles. The van der Waals surface area contributed by atoms with Crippen molar-refractivity contribution in [2.24, 2.45) is 5.92 Å². The summed E-state index contributed by atoms with van der Waals surface area (Å²) < 4.78 is 0. The molecule has 1 aliphatic rings. The Morgan fingerprint density at radius 3 is 1.50 bits per heavy atom. The first-order valence-corrected chi connectivity index (χ1v) is 6.43. The van der Waals surface area contributed by atoms with E-state index in [1.165, 1.54) is 0 Å². The van der Waals surface area contributed by atoms with Crippen molar-refractivity contribution < 1.29 is 0 Å². The third kappa shape index (κ3) is 1.15. The average Bonchev–Trinajstić information content (AvgIpc) is 1.83. The zero-order valence-corrected chi connectivity index (χ0v) is 10.5. The van der Waals surface area contributed by atoms with Crippen LogP contribution in [0.1, 0.15) is 48.5 Å². The summed E-state index contributed by atoms with van der Waals surface area (Å²) in [4.78, 5) is 0. The molecule has 0 unspecified atom stereocenters. The van der Waals surface area contributed by atoms with Gasteiger partial charge < -0.3 is 0 Å². The Hall–Kier alpha value is 0.430. The molecule has 1 heteroatoms. The van der Waals surface area contributed by atoms with Gasteiger partial charge in [0.25, 0.3) is 0 Å². The van der Waals surface area contributed by atoms with E-state index in [1.54, 1.807) is 0 Å². The lowest BCUT2D eigenvalue weighted by Crippen LogP contribution is -2.56. The molecule has 1 saturated heterocycles. The number of hydrogen-bond acceptors (Lipinski definition) is 0. The van der Waals surface area contributed by atoms with Gasteiger partial charge in [0.05, 0.1) is 0 Å². The molecule has 0 saturated carbocycles. The smallest absolute Gasteiger partial charge is 0.0110 e. The van der Waals surface area contributed by atoms with Crippen LogP contribution in [0, 0.1) is 5.92 Å². The fourth-order valence-electron chi connectivity index (χ4n) is 3.29. The summed E-state index contributed by atoms with van der Waals surface area (Å²) in [7, 11) is 0.217. The number of rotatable bonds is 1. The zero-order chi connectivity index (χ0) is 9.73. The van der Waals surface area contributed by atoms with Crippen molar-refractivity contribution in [3.63, 3.8) is 0 Å². The minimum Gasteiger partial charge on any atom is -0.0918 e. The van der Waals surface area contributed by atoms with Gasteiger partial charge in [-0.25, -0.2) is 0 Å². The van der Waals surface area contributed by atoms with Crippen molar-refractivity contribution in [1.82, 2.24) is 0 Å². The topological polar surface area (TPSA) is 0 Å². The van der Waals surface area contributed by atoms with E-state index >= 15 is 0 Å². The molecule has 1 fully saturated rings. The van der Waals surface area contributed by atoms with Crippen molar-refractivity contribution >= 4 is 7.92 Å². The van der Waals surface area contributed by atoms with Crippen LogP contribution < -0.4 is 0 Å². The van der Waals surface area contributed by atoms with E-state index in [1.807, 2.05) is 0 Å². The van der Waals surface area contributed by atoms with Gasteiger partial charge in [-0.3, -0.25) is 0 Å². The number of hydrogen-bond donors (Lipinski definition) is 0. The van der Waals surface area contributed by atoms with Gasteiger partial charge in [-0.2, -0.15) is 0 Å². The zero-order valence-electron chi connectivity index (χ0n) is 9.60. The maximum atomic E-state index is 2.45. The first-order chi connectivity index (χ1) is 5.22. The van der Waals surface area contributed by atoms with Crippen molar-refractivity contribution in [1.29, 1.82) is 0 Å². The highest BCUT2D eigenvalue weighted by atomic mass is 31.1. The summed E-state index contributed by atoms with van der Waals surface area (Å²) in [6, 6.07) is 0. The van der Waals surface area contributed by atoms with Crippen molar-refractivity contribution in [3.05, 3.63) is 0 Å². The van der Waals surface area contributed by atoms with E-state index in [0.29, 0.717) is 10.3 Å². The van der Waals surface area contributed by atoms with Gasteiger partial charge >= 0.3 is 0 Å². The van der Waals surface area contributed by atoms with Crippen LogP contribution in [-0.2, 0) is 0 Å². The highest BCUT2D eigenvalue weighted by molar-refractivity contribution is 7.63. The lowest BCUT2D eigenvalue weighted by molar-refractivity contribution is 0.300. The van der Waals surface area contributed by atoms with E-state index in [4.69, 9.17) is 0 Å². The Morgan fingerprint density at radius 1 is 1.00 bits per heavy atom. The molecule has 12 heavy (non-hydrogen) atoms. The molecule has 0 aromatic heterocycles. The largest absolute Gasteiger partial charge is 0.0918 e. The van der Waals surface area contributed by atoms with Crippen molar-refractivity contribution in [3.8, 4) is 0 Å². The predicted octanol–water partition coefficient (Wildman–Crippen LogP) is 4.08. The van der Waals surface area contributed by atoms with Gasteiger partial charge in [0.1, 0.15) is 0 Å². The summed E-state index contributed by atoms with van der Waals surface area (Å²) in [6.07, 6.45) is 0. The first kappa shape index (κ1) is 10.5. The minimum atomic E-state index is 0.217. The fraction of sp³-hybridized carbons (Fsp3) is 1.00. The standard InChI is InChI=1S/C11H23P/c1-8(2)12-10(4,5)9(3)11(12,6)7/h8-9H,1-7H3. The molecule has 0 bridgehead atoms. The minimum absolute atomic E-state index is 0.217. The lowest BCUT2D eigenvalue weighted by Gasteiger charge is -2.66. The van der Waals surface area contributed by atoms with Gasteiger partial charge in [-0.15, -0.1) is 0 Å². The molecular weight excluding hydrogens is 163 g/mol. The fourth-order valence-corrected chi connectivity index (χ4v) is 8.71. The molecular formula is C11H23P. The Balaban J connectivity index is 2.86. The molecule has 0 spiro atoms. The molecule has 1 rings (SSSR count). The van der Waals surface area contributed by atoms with Gasteiger partial charge in [-0.1, -0.05) is 56.4 Å². The molecule has 1 aliphatic heterocycles. The summed E-state index contributed by atoms with van der Waals surface area (Å²) >= 11 is 0. The Kier molecular flexibility index (Phi) is 2.37. The van der Waals surface area contributed by atoms with E-state index in [0.717, 1.165) is 11.6 Å². The van der Waals surface area contributed by atoms with Crippen LogP contribution in [0.4, 0.5) is 0 Å². The molecule has 0 N–H and O–H groups in total. The lowest BCUT2D eigenvalue weighted by atomic mass is 9.83. The van der Waals surface area contributed by atoms with Gasteiger partial charge in [0, 0.05) is 0 Å². The third-order valence-corrected chi connectivity index (χ3v) is 8.17. The summed E-state index contributed by atoms with van der Waals surface area (Å²) in [5.74, 6) is 0.888. The van der Waals surface area contributed by atoms with Gasteiger partial charge in [-0.05, 0) is 21.9 Å². The quantitative estimate of drug-likeness (QED) is 0.541. The van der Waals surface area contributed by atoms with Crippen LogP contribution >= 0.6 is 7.92 Å². The summed E-state index contributed by atoms with van der Waals surface area (Å²) in [5.41, 5.74) is 0.890. The molecule has 0 amide bonds. The normalized spacial score (nSPS) is 38.0. The van der Waals surface area contributed by atoms with Crippen molar-refractivity contribution in [2.75, 3.05) is 0 Å². The van der Waals surface area contributed by atoms with Gasteiger partial charge in [0.2, 0.25) is 0 Å². The summed E-state index contributed by atoms with van der Waals surface area (Å²) in [5, 5.41) is 1.24. The molecule has 0 radical (unpaired) electrons. The van der Waals surface area contributed by atoms with E-state index in [9.17, 15) is 0 Å². The second-order valence-electron chi connectivity index (χ2n) is 5.49. The average molecular weight is 186 g/mol. The first-order valence-electron chi connectivity index (χ1n) is 5.01. The van der Waals surface area contributed by atoms with Crippen LogP contribution in [0.15, 0.2) is 0 Å². The maximum absolute atomic E-state index is 2.45.